The zero-order valence-corrected chi connectivity index (χ0v) is 12.1. The van der Waals surface area contributed by atoms with Gasteiger partial charge in [-0.05, 0) is 26.0 Å². The Balaban J connectivity index is 2.17. The van der Waals surface area contributed by atoms with Gasteiger partial charge in [0.25, 0.3) is 10.0 Å². The predicted octanol–water partition coefficient (Wildman–Crippen LogP) is 1.58. The average Bonchev–Trinajstić information content (AvgIpc) is 2.96. The first-order valence-corrected chi connectivity index (χ1v) is 7.86. The molecule has 0 aliphatic heterocycles. The molecule has 1 atom stereocenters. The van der Waals surface area contributed by atoms with E-state index in [1.54, 1.807) is 13.1 Å². The topological polar surface area (TPSA) is 92.4 Å². The van der Waals surface area contributed by atoms with Gasteiger partial charge in [-0.1, -0.05) is 0 Å². The lowest BCUT2D eigenvalue weighted by Gasteiger charge is -2.09. The summed E-state index contributed by atoms with van der Waals surface area (Å²) in [4.78, 5) is 5.15. The second-order valence-electron chi connectivity index (χ2n) is 4.03. The van der Waals surface area contributed by atoms with Gasteiger partial charge in [-0.15, -0.1) is 11.3 Å². The molecule has 0 aliphatic rings. The second kappa shape index (κ2) is 5.41. The van der Waals surface area contributed by atoms with Crippen molar-refractivity contribution < 1.29 is 17.9 Å². The van der Waals surface area contributed by atoms with Gasteiger partial charge in [0, 0.05) is 11.1 Å². The van der Waals surface area contributed by atoms with Crippen LogP contribution in [0.1, 0.15) is 28.6 Å². The van der Waals surface area contributed by atoms with Crippen molar-refractivity contribution in [2.45, 2.75) is 31.6 Å². The van der Waals surface area contributed by atoms with Crippen LogP contribution in [0.5, 0.6) is 0 Å². The number of aryl methyl sites for hydroxylation is 1. The molecule has 19 heavy (non-hydrogen) atoms. The zero-order chi connectivity index (χ0) is 14.0. The quantitative estimate of drug-likeness (QED) is 0.874. The van der Waals surface area contributed by atoms with Crippen LogP contribution in [-0.4, -0.2) is 18.5 Å². The molecule has 0 amide bonds. The van der Waals surface area contributed by atoms with E-state index in [1.807, 2.05) is 6.92 Å². The first kappa shape index (κ1) is 14.2. The lowest BCUT2D eigenvalue weighted by Crippen LogP contribution is -2.26. The molecule has 2 rings (SSSR count). The van der Waals surface area contributed by atoms with Crippen LogP contribution in [0.4, 0.5) is 0 Å². The number of hydrogen-bond donors (Lipinski definition) is 2. The SMILES string of the molecule is Cc1cnc(C(C)NS(=O)(=O)c2ccc(CO)o2)s1. The number of nitrogens with one attached hydrogen (secondary N) is 1. The highest BCUT2D eigenvalue weighted by Crippen LogP contribution is 2.22. The van der Waals surface area contributed by atoms with Crippen molar-refractivity contribution in [3.05, 3.63) is 34.0 Å². The highest BCUT2D eigenvalue weighted by Gasteiger charge is 2.23. The van der Waals surface area contributed by atoms with E-state index in [0.717, 1.165) is 4.88 Å². The molecule has 1 unspecified atom stereocenters. The van der Waals surface area contributed by atoms with Crippen LogP contribution in [0, 0.1) is 6.92 Å². The number of sulfonamides is 1. The largest absolute Gasteiger partial charge is 0.446 e. The fourth-order valence-corrected chi connectivity index (χ4v) is 3.51. The van der Waals surface area contributed by atoms with Crippen molar-refractivity contribution >= 4 is 21.4 Å². The van der Waals surface area contributed by atoms with Crippen LogP contribution < -0.4 is 4.72 Å². The number of thiazole rings is 1. The minimum absolute atomic E-state index is 0.207. The molecule has 0 saturated carbocycles. The molecule has 2 aromatic heterocycles. The third-order valence-corrected chi connectivity index (χ3v) is 4.91. The first-order chi connectivity index (χ1) is 8.92. The van der Waals surface area contributed by atoms with Crippen LogP contribution in [0.25, 0.3) is 0 Å². The van der Waals surface area contributed by atoms with E-state index in [0.29, 0.717) is 5.01 Å². The molecule has 0 aliphatic carbocycles. The fourth-order valence-electron chi connectivity index (χ4n) is 1.50. The Kier molecular flexibility index (Phi) is 4.04. The number of nitrogens with zero attached hydrogens (tertiary/aromatic N) is 1. The van der Waals surface area contributed by atoms with E-state index >= 15 is 0 Å². The van der Waals surface area contributed by atoms with E-state index in [-0.39, 0.29) is 17.5 Å². The molecule has 0 bridgehead atoms. The van der Waals surface area contributed by atoms with Gasteiger partial charge in [-0.2, -0.15) is 4.72 Å². The maximum Gasteiger partial charge on any atom is 0.274 e. The molecule has 0 aromatic carbocycles. The molecule has 0 spiro atoms. The summed E-state index contributed by atoms with van der Waals surface area (Å²) < 4.78 is 31.6. The van der Waals surface area contributed by atoms with Gasteiger partial charge in [-0.3, -0.25) is 0 Å². The van der Waals surface area contributed by atoms with E-state index < -0.39 is 16.1 Å². The van der Waals surface area contributed by atoms with Gasteiger partial charge >= 0.3 is 0 Å². The molecule has 0 fully saturated rings. The van der Waals surface area contributed by atoms with E-state index in [1.165, 1.54) is 23.5 Å². The molecule has 0 saturated heterocycles. The Morgan fingerprint density at radius 1 is 1.53 bits per heavy atom. The Labute approximate surface area is 115 Å². The van der Waals surface area contributed by atoms with Crippen LogP contribution in [0.3, 0.4) is 0 Å². The summed E-state index contributed by atoms with van der Waals surface area (Å²) in [6, 6.07) is 2.30. The summed E-state index contributed by atoms with van der Waals surface area (Å²) in [5.74, 6) is 0.207. The average molecular weight is 302 g/mol. The highest BCUT2D eigenvalue weighted by molar-refractivity contribution is 7.89. The normalized spacial score (nSPS) is 13.6. The lowest BCUT2D eigenvalue weighted by atomic mass is 10.4. The van der Waals surface area contributed by atoms with Crippen LogP contribution >= 0.6 is 11.3 Å². The van der Waals surface area contributed by atoms with Gasteiger partial charge in [0.1, 0.15) is 17.4 Å². The maximum absolute atomic E-state index is 12.0. The third kappa shape index (κ3) is 3.21. The molecule has 0 radical (unpaired) electrons. The Morgan fingerprint density at radius 2 is 2.26 bits per heavy atom. The van der Waals surface area contributed by atoms with Gasteiger partial charge in [0.15, 0.2) is 0 Å². The Hall–Kier alpha value is -1.22. The summed E-state index contributed by atoms with van der Waals surface area (Å²) in [5, 5.41) is 9.34. The van der Waals surface area contributed by atoms with Crippen molar-refractivity contribution in [1.82, 2.24) is 9.71 Å². The summed E-state index contributed by atoms with van der Waals surface area (Å²) in [7, 11) is -3.75. The smallest absolute Gasteiger partial charge is 0.274 e. The van der Waals surface area contributed by atoms with Crippen molar-refractivity contribution in [2.75, 3.05) is 0 Å². The molecule has 8 heteroatoms. The van der Waals surface area contributed by atoms with Crippen LogP contribution in [0.2, 0.25) is 0 Å². The molecular weight excluding hydrogens is 288 g/mol. The Morgan fingerprint density at radius 3 is 2.79 bits per heavy atom. The summed E-state index contributed by atoms with van der Waals surface area (Å²) in [6.07, 6.45) is 1.70. The third-order valence-electron chi connectivity index (χ3n) is 2.40. The zero-order valence-electron chi connectivity index (χ0n) is 10.5. The minimum atomic E-state index is -3.75. The van der Waals surface area contributed by atoms with E-state index in [2.05, 4.69) is 9.71 Å². The van der Waals surface area contributed by atoms with Crippen molar-refractivity contribution in [3.8, 4) is 0 Å². The molecule has 2 N–H and O–H groups in total. The summed E-state index contributed by atoms with van der Waals surface area (Å²) in [5.41, 5.74) is 0. The van der Waals surface area contributed by atoms with Crippen molar-refractivity contribution in [1.29, 1.82) is 0 Å². The number of furan rings is 1. The van der Waals surface area contributed by atoms with Gasteiger partial charge in [0.2, 0.25) is 5.09 Å². The van der Waals surface area contributed by atoms with Gasteiger partial charge in [-0.25, -0.2) is 13.4 Å². The summed E-state index contributed by atoms with van der Waals surface area (Å²) >= 11 is 1.43. The van der Waals surface area contributed by atoms with E-state index in [9.17, 15) is 8.42 Å². The monoisotopic (exact) mass is 302 g/mol. The molecule has 2 aromatic rings. The van der Waals surface area contributed by atoms with Gasteiger partial charge in [0.05, 0.1) is 6.04 Å². The minimum Gasteiger partial charge on any atom is -0.446 e. The summed E-state index contributed by atoms with van der Waals surface area (Å²) in [6.45, 7) is 3.28. The van der Waals surface area contributed by atoms with E-state index in [4.69, 9.17) is 9.52 Å². The Bertz CT molecular complexity index is 660. The first-order valence-electron chi connectivity index (χ1n) is 5.56. The number of hydrogen-bond acceptors (Lipinski definition) is 6. The number of aliphatic hydroxyl groups is 1. The second-order valence-corrected chi connectivity index (χ2v) is 6.94. The fraction of sp³-hybridized carbons (Fsp3) is 0.364. The highest BCUT2D eigenvalue weighted by atomic mass is 32.2. The van der Waals surface area contributed by atoms with Crippen molar-refractivity contribution in [3.63, 3.8) is 0 Å². The molecule has 104 valence electrons. The number of aliphatic hydroxyl groups excluding tert-OH is 1. The van der Waals surface area contributed by atoms with Crippen LogP contribution in [-0.2, 0) is 16.6 Å². The molecular formula is C11H14N2O4S2. The van der Waals surface area contributed by atoms with Crippen LogP contribution in [0.15, 0.2) is 27.8 Å². The molecule has 6 nitrogen and oxygen atoms in total. The maximum atomic E-state index is 12.0. The number of aromatic nitrogens is 1. The molecule has 2 heterocycles. The van der Waals surface area contributed by atoms with Gasteiger partial charge < -0.3 is 9.52 Å². The lowest BCUT2D eigenvalue weighted by molar-refractivity contribution is 0.236. The standard InChI is InChI=1S/C11H14N2O4S2/c1-7-5-12-11(18-7)8(2)13-19(15,16)10-4-3-9(6-14)17-10/h3-5,8,13-14H,6H2,1-2H3. The van der Waals surface area contributed by atoms with Crippen molar-refractivity contribution in [2.24, 2.45) is 0 Å². The predicted molar refractivity (Wildman–Crippen MR) is 70.2 cm³/mol. The number of rotatable bonds is 5.